The quantitative estimate of drug-likeness (QED) is 0.569. The Bertz CT molecular complexity index is 1070. The minimum absolute atomic E-state index is 0.00766. The van der Waals surface area contributed by atoms with E-state index in [-0.39, 0.29) is 23.3 Å². The second kappa shape index (κ2) is 9.69. The van der Waals surface area contributed by atoms with Crippen molar-refractivity contribution in [2.24, 2.45) is 0 Å². The minimum atomic E-state index is -3.78. The molecule has 5 nitrogen and oxygen atoms in total. The van der Waals surface area contributed by atoms with E-state index in [0.717, 1.165) is 16.7 Å². The molecular formula is C24H26N2O3S. The predicted molar refractivity (Wildman–Crippen MR) is 118 cm³/mol. The second-order valence-electron chi connectivity index (χ2n) is 7.30. The van der Waals surface area contributed by atoms with Crippen molar-refractivity contribution in [3.63, 3.8) is 0 Å². The summed E-state index contributed by atoms with van der Waals surface area (Å²) in [5.41, 5.74) is 2.70. The number of benzene rings is 3. The van der Waals surface area contributed by atoms with E-state index in [1.54, 1.807) is 24.3 Å². The van der Waals surface area contributed by atoms with Crippen LogP contribution in [0.3, 0.4) is 0 Å². The van der Waals surface area contributed by atoms with Gasteiger partial charge in [0.2, 0.25) is 15.9 Å². The lowest BCUT2D eigenvalue weighted by atomic mass is 10.0. The zero-order valence-electron chi connectivity index (χ0n) is 17.1. The van der Waals surface area contributed by atoms with E-state index in [2.05, 4.69) is 10.0 Å². The van der Waals surface area contributed by atoms with Crippen molar-refractivity contribution >= 4 is 15.9 Å². The summed E-state index contributed by atoms with van der Waals surface area (Å²) in [5, 5.41) is 2.96. The highest BCUT2D eigenvalue weighted by atomic mass is 32.2. The first-order valence-electron chi connectivity index (χ1n) is 9.83. The van der Waals surface area contributed by atoms with Gasteiger partial charge in [-0.1, -0.05) is 78.4 Å². The average Bonchev–Trinajstić information content (AvgIpc) is 2.74. The molecule has 3 aromatic carbocycles. The maximum atomic E-state index is 12.9. The van der Waals surface area contributed by atoms with E-state index in [1.807, 2.05) is 74.5 Å². The highest BCUT2D eigenvalue weighted by Gasteiger charge is 2.24. The topological polar surface area (TPSA) is 75.3 Å². The van der Waals surface area contributed by atoms with Crippen LogP contribution in [-0.4, -0.2) is 14.3 Å². The Labute approximate surface area is 178 Å². The molecule has 2 N–H and O–H groups in total. The zero-order valence-corrected chi connectivity index (χ0v) is 17.9. The second-order valence-corrected chi connectivity index (χ2v) is 9.02. The van der Waals surface area contributed by atoms with Crippen LogP contribution in [0.1, 0.15) is 42.1 Å². The minimum Gasteiger partial charge on any atom is -0.350 e. The highest BCUT2D eigenvalue weighted by Crippen LogP contribution is 2.21. The molecular weight excluding hydrogens is 396 g/mol. The van der Waals surface area contributed by atoms with Gasteiger partial charge < -0.3 is 5.32 Å². The molecule has 0 saturated heterocycles. The number of amides is 1. The van der Waals surface area contributed by atoms with Gasteiger partial charge in [-0.25, -0.2) is 13.1 Å². The Morgan fingerprint density at radius 3 is 1.93 bits per heavy atom. The number of hydrogen-bond acceptors (Lipinski definition) is 3. The Morgan fingerprint density at radius 1 is 0.833 bits per heavy atom. The van der Waals surface area contributed by atoms with Crippen molar-refractivity contribution < 1.29 is 13.2 Å². The maximum absolute atomic E-state index is 12.9. The third-order valence-corrected chi connectivity index (χ3v) is 6.38. The molecule has 0 aliphatic carbocycles. The molecule has 0 fully saturated rings. The monoisotopic (exact) mass is 422 g/mol. The summed E-state index contributed by atoms with van der Waals surface area (Å²) < 4.78 is 28.5. The van der Waals surface area contributed by atoms with Gasteiger partial charge in [0.05, 0.1) is 17.0 Å². The predicted octanol–water partition coefficient (Wildman–Crippen LogP) is 4.28. The summed E-state index contributed by atoms with van der Waals surface area (Å²) in [6.45, 7) is 3.80. The van der Waals surface area contributed by atoms with Crippen molar-refractivity contribution in [1.82, 2.24) is 10.0 Å². The summed E-state index contributed by atoms with van der Waals surface area (Å²) in [6.07, 6.45) is -0.00766. The van der Waals surface area contributed by atoms with Gasteiger partial charge in [0.15, 0.2) is 0 Å². The third kappa shape index (κ3) is 5.78. The molecule has 3 aromatic rings. The summed E-state index contributed by atoms with van der Waals surface area (Å²) in [6, 6.07) is 24.6. The SMILES string of the molecule is Cc1ccc(S(=O)(=O)N[C@@H](CC(=O)N[C@H](C)c2ccccc2)c2ccccc2)cc1. The van der Waals surface area contributed by atoms with Crippen LogP contribution in [0.4, 0.5) is 0 Å². The summed E-state index contributed by atoms with van der Waals surface area (Å²) >= 11 is 0. The maximum Gasteiger partial charge on any atom is 0.241 e. The molecule has 0 heterocycles. The normalized spacial score (nSPS) is 13.4. The van der Waals surface area contributed by atoms with Crippen molar-refractivity contribution in [3.05, 3.63) is 102 Å². The molecule has 0 aromatic heterocycles. The Balaban J connectivity index is 1.78. The van der Waals surface area contributed by atoms with E-state index < -0.39 is 16.1 Å². The van der Waals surface area contributed by atoms with Gasteiger partial charge in [-0.3, -0.25) is 4.79 Å². The Kier molecular flexibility index (Phi) is 7.03. The third-order valence-electron chi connectivity index (χ3n) is 4.90. The molecule has 2 atom stereocenters. The first-order chi connectivity index (χ1) is 14.3. The standard InChI is InChI=1S/C24H26N2O3S/c1-18-13-15-22(16-14-18)30(28,29)26-23(21-11-7-4-8-12-21)17-24(27)25-19(2)20-9-5-3-6-10-20/h3-16,19,23,26H,17H2,1-2H3,(H,25,27)/t19-,23+/m1/s1. The molecule has 0 saturated carbocycles. The van der Waals surface area contributed by atoms with Gasteiger partial charge in [0, 0.05) is 6.42 Å². The number of hydrogen-bond donors (Lipinski definition) is 2. The molecule has 0 radical (unpaired) electrons. The zero-order chi connectivity index (χ0) is 21.6. The molecule has 30 heavy (non-hydrogen) atoms. The molecule has 0 bridgehead atoms. The fourth-order valence-corrected chi connectivity index (χ4v) is 4.42. The fraction of sp³-hybridized carbons (Fsp3) is 0.208. The lowest BCUT2D eigenvalue weighted by Crippen LogP contribution is -2.34. The molecule has 0 aliphatic heterocycles. The lowest BCUT2D eigenvalue weighted by Gasteiger charge is -2.21. The van der Waals surface area contributed by atoms with Crippen LogP contribution in [0.25, 0.3) is 0 Å². The van der Waals surface area contributed by atoms with Gasteiger partial charge in [0.25, 0.3) is 0 Å². The Hall–Kier alpha value is -2.96. The smallest absolute Gasteiger partial charge is 0.241 e. The van der Waals surface area contributed by atoms with E-state index in [9.17, 15) is 13.2 Å². The van der Waals surface area contributed by atoms with Gasteiger partial charge in [-0.15, -0.1) is 0 Å². The average molecular weight is 423 g/mol. The molecule has 1 amide bonds. The first-order valence-corrected chi connectivity index (χ1v) is 11.3. The molecule has 0 unspecified atom stereocenters. The van der Waals surface area contributed by atoms with Crippen LogP contribution >= 0.6 is 0 Å². The van der Waals surface area contributed by atoms with Gasteiger partial charge in [0.1, 0.15) is 0 Å². The van der Waals surface area contributed by atoms with E-state index in [4.69, 9.17) is 0 Å². The van der Waals surface area contributed by atoms with Gasteiger partial charge in [-0.2, -0.15) is 0 Å². The number of aryl methyl sites for hydroxylation is 1. The fourth-order valence-electron chi connectivity index (χ4n) is 3.20. The first kappa shape index (κ1) is 21.7. The van der Waals surface area contributed by atoms with Crippen LogP contribution in [0.5, 0.6) is 0 Å². The molecule has 0 spiro atoms. The van der Waals surface area contributed by atoms with Gasteiger partial charge in [-0.05, 0) is 37.1 Å². The van der Waals surface area contributed by atoms with E-state index >= 15 is 0 Å². The van der Waals surface area contributed by atoms with Crippen molar-refractivity contribution in [2.75, 3.05) is 0 Å². The number of nitrogens with one attached hydrogen (secondary N) is 2. The lowest BCUT2D eigenvalue weighted by molar-refractivity contribution is -0.122. The van der Waals surface area contributed by atoms with Crippen LogP contribution in [0.15, 0.2) is 89.8 Å². The highest BCUT2D eigenvalue weighted by molar-refractivity contribution is 7.89. The summed E-state index contributed by atoms with van der Waals surface area (Å²) in [7, 11) is -3.78. The molecule has 6 heteroatoms. The summed E-state index contributed by atoms with van der Waals surface area (Å²) in [4.78, 5) is 12.9. The number of sulfonamides is 1. The number of carbonyl (C=O) groups is 1. The van der Waals surface area contributed by atoms with Crippen molar-refractivity contribution in [2.45, 2.75) is 37.2 Å². The summed E-state index contributed by atoms with van der Waals surface area (Å²) in [5.74, 6) is -0.230. The van der Waals surface area contributed by atoms with Crippen LogP contribution < -0.4 is 10.0 Å². The number of carbonyl (C=O) groups excluding carboxylic acids is 1. The van der Waals surface area contributed by atoms with Crippen LogP contribution in [0, 0.1) is 6.92 Å². The molecule has 0 aliphatic rings. The van der Waals surface area contributed by atoms with Gasteiger partial charge >= 0.3 is 0 Å². The van der Waals surface area contributed by atoms with Crippen LogP contribution in [-0.2, 0) is 14.8 Å². The van der Waals surface area contributed by atoms with Crippen molar-refractivity contribution in [3.8, 4) is 0 Å². The number of rotatable bonds is 8. The van der Waals surface area contributed by atoms with Crippen molar-refractivity contribution in [1.29, 1.82) is 0 Å². The largest absolute Gasteiger partial charge is 0.350 e. The van der Waals surface area contributed by atoms with E-state index in [1.165, 1.54) is 0 Å². The molecule has 3 rings (SSSR count). The Morgan fingerprint density at radius 2 is 1.37 bits per heavy atom. The van der Waals surface area contributed by atoms with Crippen LogP contribution in [0.2, 0.25) is 0 Å². The van der Waals surface area contributed by atoms with E-state index in [0.29, 0.717) is 0 Å². The molecule has 156 valence electrons.